The van der Waals surface area contributed by atoms with Crippen LogP contribution in [0, 0.1) is 10.8 Å². The molecule has 0 atom stereocenters. The molecule has 0 fully saturated rings. The van der Waals surface area contributed by atoms with E-state index < -0.39 is 10.8 Å². The summed E-state index contributed by atoms with van der Waals surface area (Å²) in [5, 5.41) is 0. The van der Waals surface area contributed by atoms with Crippen molar-refractivity contribution in [2.24, 2.45) is 10.8 Å². The zero-order valence-electron chi connectivity index (χ0n) is 22.2. The number of ether oxygens (including phenoxy) is 4. The number of ketones is 1. The van der Waals surface area contributed by atoms with Crippen LogP contribution in [0.15, 0.2) is 48.5 Å². The minimum atomic E-state index is -0.610. The van der Waals surface area contributed by atoms with E-state index in [0.29, 0.717) is 61.5 Å². The fourth-order valence-electron chi connectivity index (χ4n) is 3.80. The van der Waals surface area contributed by atoms with Gasteiger partial charge in [-0.1, -0.05) is 30.3 Å². The van der Waals surface area contributed by atoms with E-state index in [0.717, 1.165) is 0 Å². The van der Waals surface area contributed by atoms with Gasteiger partial charge in [-0.25, -0.2) is 0 Å². The molecule has 0 radical (unpaired) electrons. The minimum Gasteiger partial charge on any atom is -0.494 e. The molecular weight excluding hydrogens is 460 g/mol. The van der Waals surface area contributed by atoms with Crippen molar-refractivity contribution >= 4 is 17.7 Å². The van der Waals surface area contributed by atoms with Crippen molar-refractivity contribution in [3.05, 3.63) is 59.7 Å². The molecule has 0 aliphatic heterocycles. The average Bonchev–Trinajstić information content (AvgIpc) is 2.88. The second kappa shape index (κ2) is 13.1. The number of hydrogen-bond donors (Lipinski definition) is 0. The highest BCUT2D eigenvalue weighted by Gasteiger charge is 2.29. The first-order valence-electron chi connectivity index (χ1n) is 12.2. The van der Waals surface area contributed by atoms with E-state index in [1.165, 1.54) is 14.2 Å². The molecule has 0 spiro atoms. The van der Waals surface area contributed by atoms with Crippen LogP contribution in [0.1, 0.15) is 69.3 Å². The molecule has 2 aromatic carbocycles. The molecule has 0 aliphatic carbocycles. The third-order valence-electron chi connectivity index (χ3n) is 6.13. The summed E-state index contributed by atoms with van der Waals surface area (Å²) in [5.74, 6) is 0.314. The molecule has 0 heterocycles. The molecular formula is C29H38O7. The summed E-state index contributed by atoms with van der Waals surface area (Å²) in [5.41, 5.74) is -0.250. The van der Waals surface area contributed by atoms with Crippen molar-refractivity contribution in [3.8, 4) is 11.5 Å². The van der Waals surface area contributed by atoms with E-state index >= 15 is 0 Å². The van der Waals surface area contributed by atoms with Crippen LogP contribution in [0.5, 0.6) is 11.5 Å². The summed E-state index contributed by atoms with van der Waals surface area (Å²) in [6.45, 7) is 8.09. The fourth-order valence-corrected chi connectivity index (χ4v) is 3.80. The van der Waals surface area contributed by atoms with Gasteiger partial charge in [-0.3, -0.25) is 14.4 Å². The van der Waals surface area contributed by atoms with Crippen LogP contribution >= 0.6 is 0 Å². The van der Waals surface area contributed by atoms with Gasteiger partial charge in [0.15, 0.2) is 5.78 Å². The first kappa shape index (κ1) is 28.9. The maximum absolute atomic E-state index is 13.3. The second-order valence-corrected chi connectivity index (χ2v) is 10.0. The number of methoxy groups -OCH3 is 2. The molecule has 2 aromatic rings. The van der Waals surface area contributed by atoms with Gasteiger partial charge in [-0.15, -0.1) is 0 Å². The highest BCUT2D eigenvalue weighted by molar-refractivity contribution is 6.10. The number of benzene rings is 2. The van der Waals surface area contributed by atoms with E-state index in [2.05, 4.69) is 0 Å². The van der Waals surface area contributed by atoms with Crippen LogP contribution < -0.4 is 9.47 Å². The van der Waals surface area contributed by atoms with Gasteiger partial charge in [-0.05, 0) is 71.6 Å². The molecule has 36 heavy (non-hydrogen) atoms. The first-order valence-corrected chi connectivity index (χ1v) is 12.2. The van der Waals surface area contributed by atoms with Crippen molar-refractivity contribution in [2.75, 3.05) is 27.4 Å². The van der Waals surface area contributed by atoms with Gasteiger partial charge in [0.25, 0.3) is 0 Å². The van der Waals surface area contributed by atoms with Crippen molar-refractivity contribution < 1.29 is 33.3 Å². The zero-order valence-corrected chi connectivity index (χ0v) is 22.2. The second-order valence-electron chi connectivity index (χ2n) is 10.0. The van der Waals surface area contributed by atoms with E-state index in [4.69, 9.17) is 18.9 Å². The molecule has 2 rings (SSSR count). The van der Waals surface area contributed by atoms with Crippen LogP contribution in [0.25, 0.3) is 0 Å². The Balaban J connectivity index is 2.10. The van der Waals surface area contributed by atoms with Crippen LogP contribution in [0.4, 0.5) is 0 Å². The Morgan fingerprint density at radius 2 is 1.25 bits per heavy atom. The summed E-state index contributed by atoms with van der Waals surface area (Å²) in [6.07, 6.45) is 2.47. The molecule has 0 N–H and O–H groups in total. The molecule has 0 bridgehead atoms. The van der Waals surface area contributed by atoms with E-state index in [1.54, 1.807) is 30.3 Å². The first-order chi connectivity index (χ1) is 17.0. The Bertz CT molecular complexity index is 1030. The van der Waals surface area contributed by atoms with Gasteiger partial charge in [0.1, 0.15) is 11.5 Å². The maximum atomic E-state index is 13.3. The fraction of sp³-hybridized carbons (Fsp3) is 0.483. The summed E-state index contributed by atoms with van der Waals surface area (Å²) >= 11 is 0. The molecule has 7 heteroatoms. The third kappa shape index (κ3) is 8.11. The summed E-state index contributed by atoms with van der Waals surface area (Å²) < 4.78 is 21.6. The van der Waals surface area contributed by atoms with Gasteiger partial charge in [0.2, 0.25) is 0 Å². The number of esters is 2. The molecule has 0 saturated carbocycles. The van der Waals surface area contributed by atoms with Gasteiger partial charge in [0.05, 0.1) is 43.8 Å². The number of rotatable bonds is 14. The van der Waals surface area contributed by atoms with Crippen molar-refractivity contribution in [2.45, 2.75) is 53.4 Å². The molecule has 0 amide bonds. The molecule has 0 aromatic heterocycles. The predicted octanol–water partition coefficient (Wildman–Crippen LogP) is 5.63. The van der Waals surface area contributed by atoms with Crippen LogP contribution in [0.2, 0.25) is 0 Å². The smallest absolute Gasteiger partial charge is 0.311 e. The normalized spacial score (nSPS) is 11.5. The Morgan fingerprint density at radius 3 is 1.78 bits per heavy atom. The lowest BCUT2D eigenvalue weighted by Gasteiger charge is -2.21. The highest BCUT2D eigenvalue weighted by Crippen LogP contribution is 2.29. The van der Waals surface area contributed by atoms with Gasteiger partial charge < -0.3 is 18.9 Å². The van der Waals surface area contributed by atoms with Crippen LogP contribution in [-0.2, 0) is 19.1 Å². The predicted molar refractivity (Wildman–Crippen MR) is 137 cm³/mol. The molecule has 196 valence electrons. The van der Waals surface area contributed by atoms with Crippen LogP contribution in [0.3, 0.4) is 0 Å². The zero-order chi connectivity index (χ0) is 26.8. The highest BCUT2D eigenvalue weighted by atomic mass is 16.5. The quantitative estimate of drug-likeness (QED) is 0.189. The van der Waals surface area contributed by atoms with E-state index in [1.807, 2.05) is 45.9 Å². The maximum Gasteiger partial charge on any atom is 0.311 e. The lowest BCUT2D eigenvalue weighted by molar-refractivity contribution is -0.152. The third-order valence-corrected chi connectivity index (χ3v) is 6.13. The van der Waals surface area contributed by atoms with Crippen molar-refractivity contribution in [3.63, 3.8) is 0 Å². The summed E-state index contributed by atoms with van der Waals surface area (Å²) in [7, 11) is 2.77. The molecule has 0 saturated heterocycles. The number of hydrogen-bond acceptors (Lipinski definition) is 7. The summed E-state index contributed by atoms with van der Waals surface area (Å²) in [4.78, 5) is 37.0. The van der Waals surface area contributed by atoms with E-state index in [-0.39, 0.29) is 17.7 Å². The molecule has 0 aliphatic rings. The van der Waals surface area contributed by atoms with Gasteiger partial charge >= 0.3 is 11.9 Å². The van der Waals surface area contributed by atoms with Crippen molar-refractivity contribution in [1.29, 1.82) is 0 Å². The van der Waals surface area contributed by atoms with Crippen LogP contribution in [-0.4, -0.2) is 45.2 Å². The van der Waals surface area contributed by atoms with Crippen molar-refractivity contribution in [1.82, 2.24) is 0 Å². The van der Waals surface area contributed by atoms with Gasteiger partial charge in [0, 0.05) is 5.56 Å². The minimum absolute atomic E-state index is 0.169. The standard InChI is InChI=1S/C29H38O7/c1-28(2,26(31)33-5)16-10-18-35-22-14-15-24(36-19-11-17-29(3,4)27(32)34-6)23(20-22)25(30)21-12-8-7-9-13-21/h7-9,12-15,20H,10-11,16-19H2,1-6H3. The topological polar surface area (TPSA) is 88.1 Å². The largest absolute Gasteiger partial charge is 0.494 e. The van der Waals surface area contributed by atoms with Gasteiger partial charge in [-0.2, -0.15) is 0 Å². The Labute approximate surface area is 214 Å². The Hall–Kier alpha value is -3.35. The number of carbonyl (C=O) groups excluding carboxylic acids is 3. The number of carbonyl (C=O) groups is 3. The lowest BCUT2D eigenvalue weighted by atomic mass is 9.88. The molecule has 0 unspecified atom stereocenters. The lowest BCUT2D eigenvalue weighted by Crippen LogP contribution is -2.26. The Morgan fingerprint density at radius 1 is 0.722 bits per heavy atom. The van der Waals surface area contributed by atoms with E-state index in [9.17, 15) is 14.4 Å². The Kier molecular flexibility index (Phi) is 10.5. The average molecular weight is 499 g/mol. The monoisotopic (exact) mass is 498 g/mol. The SMILES string of the molecule is COC(=O)C(C)(C)CCCOc1ccc(OCCCC(C)(C)C(=O)OC)c(C(=O)c2ccccc2)c1. The summed E-state index contributed by atoms with van der Waals surface area (Å²) in [6, 6.07) is 14.2. The molecule has 7 nitrogen and oxygen atoms in total.